The molecule has 2 amide bonds. The Morgan fingerprint density at radius 3 is 2.60 bits per heavy atom. The molecule has 1 fully saturated rings. The number of carbonyl (C=O) groups is 2. The minimum absolute atomic E-state index is 0.0681. The van der Waals surface area contributed by atoms with Crippen molar-refractivity contribution in [2.45, 2.75) is 6.18 Å². The zero-order chi connectivity index (χ0) is 18.0. The first-order chi connectivity index (χ1) is 11.8. The highest BCUT2D eigenvalue weighted by Gasteiger charge is 2.37. The van der Waals surface area contributed by atoms with Crippen molar-refractivity contribution in [1.82, 2.24) is 14.9 Å². The molecule has 1 aromatic heterocycles. The normalized spacial score (nSPS) is 14.8. The summed E-state index contributed by atoms with van der Waals surface area (Å²) in [4.78, 5) is 33.3. The quantitative estimate of drug-likeness (QED) is 0.921. The van der Waals surface area contributed by atoms with Crippen molar-refractivity contribution in [2.24, 2.45) is 5.92 Å². The number of nitrogens with zero attached hydrogens (tertiary/aromatic N) is 3. The molecular formula is C16H13F3N4O2. The number of alkyl halides is 3. The number of hydrogen-bond donors (Lipinski definition) is 1. The molecule has 1 aliphatic heterocycles. The molecule has 0 aliphatic carbocycles. The number of likely N-dealkylation sites (tertiary alicyclic amines) is 1. The predicted octanol–water partition coefficient (Wildman–Crippen LogP) is 2.21. The number of anilines is 1. The van der Waals surface area contributed by atoms with E-state index in [9.17, 15) is 22.8 Å². The van der Waals surface area contributed by atoms with E-state index in [1.54, 1.807) is 0 Å². The third-order valence-corrected chi connectivity index (χ3v) is 3.78. The molecule has 1 aromatic carbocycles. The van der Waals surface area contributed by atoms with Gasteiger partial charge in [-0.1, -0.05) is 6.07 Å². The fraction of sp³-hybridized carbons (Fsp3) is 0.250. The summed E-state index contributed by atoms with van der Waals surface area (Å²) in [7, 11) is 0. The van der Waals surface area contributed by atoms with E-state index in [1.807, 2.05) is 0 Å². The molecule has 3 rings (SSSR count). The molecule has 2 heterocycles. The molecule has 0 saturated carbocycles. The van der Waals surface area contributed by atoms with E-state index in [0.29, 0.717) is 0 Å². The van der Waals surface area contributed by atoms with Gasteiger partial charge >= 0.3 is 6.18 Å². The molecule has 0 radical (unpaired) electrons. The van der Waals surface area contributed by atoms with Gasteiger partial charge in [-0.15, -0.1) is 0 Å². The molecule has 9 heteroatoms. The van der Waals surface area contributed by atoms with E-state index in [-0.39, 0.29) is 30.4 Å². The molecule has 1 saturated heterocycles. The second kappa shape index (κ2) is 6.50. The molecule has 6 nitrogen and oxygen atoms in total. The van der Waals surface area contributed by atoms with Crippen LogP contribution in [-0.2, 0) is 11.0 Å². The van der Waals surface area contributed by atoms with Gasteiger partial charge in [0.15, 0.2) is 0 Å². The monoisotopic (exact) mass is 350 g/mol. The number of halogens is 3. The summed E-state index contributed by atoms with van der Waals surface area (Å²) in [5.74, 6) is -1.24. The fourth-order valence-electron chi connectivity index (χ4n) is 2.40. The van der Waals surface area contributed by atoms with Crippen LogP contribution in [0.4, 0.5) is 18.9 Å². The van der Waals surface area contributed by atoms with Crippen molar-refractivity contribution in [2.75, 3.05) is 18.4 Å². The van der Waals surface area contributed by atoms with Gasteiger partial charge in [-0.05, 0) is 18.2 Å². The number of hydrogen-bond acceptors (Lipinski definition) is 4. The SMILES string of the molecule is O=C(Nc1cccc(C(F)(F)F)c1)C1CN(C(=O)c2cnccn2)C1. The Balaban J connectivity index is 1.57. The van der Waals surface area contributed by atoms with Crippen LogP contribution >= 0.6 is 0 Å². The summed E-state index contributed by atoms with van der Waals surface area (Å²) in [6.07, 6.45) is -0.307. The number of benzene rings is 1. The maximum atomic E-state index is 12.7. The van der Waals surface area contributed by atoms with Crippen molar-refractivity contribution in [3.05, 3.63) is 54.1 Å². The second-order valence-electron chi connectivity index (χ2n) is 5.57. The van der Waals surface area contributed by atoms with E-state index < -0.39 is 23.6 Å². The first-order valence-electron chi connectivity index (χ1n) is 7.38. The molecule has 25 heavy (non-hydrogen) atoms. The van der Waals surface area contributed by atoms with Gasteiger partial charge in [0.2, 0.25) is 5.91 Å². The van der Waals surface area contributed by atoms with E-state index in [2.05, 4.69) is 15.3 Å². The predicted molar refractivity (Wildman–Crippen MR) is 81.5 cm³/mol. The Labute approximate surface area is 140 Å². The summed E-state index contributed by atoms with van der Waals surface area (Å²) >= 11 is 0. The van der Waals surface area contributed by atoms with Crippen LogP contribution in [-0.4, -0.2) is 39.8 Å². The number of carbonyl (C=O) groups excluding carboxylic acids is 2. The van der Waals surface area contributed by atoms with Crippen molar-refractivity contribution >= 4 is 17.5 Å². The highest BCUT2D eigenvalue weighted by Crippen LogP contribution is 2.31. The molecule has 1 N–H and O–H groups in total. The molecule has 0 spiro atoms. The Morgan fingerprint density at radius 1 is 1.20 bits per heavy atom. The lowest BCUT2D eigenvalue weighted by Crippen LogP contribution is -2.54. The van der Waals surface area contributed by atoms with Gasteiger partial charge in [0.05, 0.1) is 17.7 Å². The van der Waals surface area contributed by atoms with Gasteiger partial charge in [-0.25, -0.2) is 4.98 Å². The highest BCUT2D eigenvalue weighted by atomic mass is 19.4. The van der Waals surface area contributed by atoms with Crippen LogP contribution in [0.3, 0.4) is 0 Å². The lowest BCUT2D eigenvalue weighted by Gasteiger charge is -2.37. The summed E-state index contributed by atoms with van der Waals surface area (Å²) in [6, 6.07) is 4.41. The first-order valence-corrected chi connectivity index (χ1v) is 7.38. The van der Waals surface area contributed by atoms with Crippen molar-refractivity contribution in [3.63, 3.8) is 0 Å². The van der Waals surface area contributed by atoms with E-state index in [0.717, 1.165) is 12.1 Å². The van der Waals surface area contributed by atoms with E-state index in [1.165, 1.54) is 35.6 Å². The van der Waals surface area contributed by atoms with Gasteiger partial charge in [-0.3, -0.25) is 14.6 Å². The third-order valence-electron chi connectivity index (χ3n) is 3.78. The zero-order valence-corrected chi connectivity index (χ0v) is 12.8. The van der Waals surface area contributed by atoms with Crippen LogP contribution < -0.4 is 5.32 Å². The molecule has 0 atom stereocenters. The van der Waals surface area contributed by atoms with Gasteiger partial charge in [0, 0.05) is 31.2 Å². The number of amides is 2. The summed E-state index contributed by atoms with van der Waals surface area (Å²) in [5.41, 5.74) is -0.587. The lowest BCUT2D eigenvalue weighted by atomic mass is 9.98. The maximum Gasteiger partial charge on any atom is 0.416 e. The van der Waals surface area contributed by atoms with Crippen molar-refractivity contribution < 1.29 is 22.8 Å². The van der Waals surface area contributed by atoms with E-state index in [4.69, 9.17) is 0 Å². The first kappa shape index (κ1) is 16.9. The van der Waals surface area contributed by atoms with E-state index >= 15 is 0 Å². The standard InChI is InChI=1S/C16H13F3N4O2/c17-16(18,19)11-2-1-3-12(6-11)22-14(24)10-8-23(9-10)15(25)13-7-20-4-5-21-13/h1-7,10H,8-9H2,(H,22,24). The highest BCUT2D eigenvalue weighted by molar-refractivity contribution is 5.97. The average molecular weight is 350 g/mol. The fourth-order valence-corrected chi connectivity index (χ4v) is 2.40. The summed E-state index contributed by atoms with van der Waals surface area (Å²) < 4.78 is 38.0. The third kappa shape index (κ3) is 3.76. The number of rotatable bonds is 3. The summed E-state index contributed by atoms with van der Waals surface area (Å²) in [6.45, 7) is 0.362. The van der Waals surface area contributed by atoms with Gasteiger partial charge in [-0.2, -0.15) is 13.2 Å². The van der Waals surface area contributed by atoms with Crippen LogP contribution in [0.1, 0.15) is 16.1 Å². The molecule has 1 aliphatic rings. The molecule has 130 valence electrons. The van der Waals surface area contributed by atoms with Crippen molar-refractivity contribution in [3.8, 4) is 0 Å². The van der Waals surface area contributed by atoms with Crippen LogP contribution in [0.15, 0.2) is 42.9 Å². The van der Waals surface area contributed by atoms with Gasteiger partial charge in [0.25, 0.3) is 5.91 Å². The van der Waals surface area contributed by atoms with Crippen LogP contribution in [0.2, 0.25) is 0 Å². The van der Waals surface area contributed by atoms with Crippen LogP contribution in [0.5, 0.6) is 0 Å². The molecule has 2 aromatic rings. The maximum absolute atomic E-state index is 12.7. The van der Waals surface area contributed by atoms with Crippen molar-refractivity contribution in [1.29, 1.82) is 0 Å². The lowest BCUT2D eigenvalue weighted by molar-refractivity contribution is -0.137. The Hall–Kier alpha value is -2.97. The number of nitrogens with one attached hydrogen (secondary N) is 1. The van der Waals surface area contributed by atoms with Crippen LogP contribution in [0, 0.1) is 5.92 Å². The minimum Gasteiger partial charge on any atom is -0.336 e. The van der Waals surface area contributed by atoms with Crippen LogP contribution in [0.25, 0.3) is 0 Å². The largest absolute Gasteiger partial charge is 0.416 e. The topological polar surface area (TPSA) is 75.2 Å². The average Bonchev–Trinajstić information content (AvgIpc) is 2.53. The van der Waals surface area contributed by atoms with Gasteiger partial charge < -0.3 is 10.2 Å². The second-order valence-corrected chi connectivity index (χ2v) is 5.57. The molecule has 0 bridgehead atoms. The minimum atomic E-state index is -4.48. The smallest absolute Gasteiger partial charge is 0.336 e. The zero-order valence-electron chi connectivity index (χ0n) is 12.8. The Bertz CT molecular complexity index is 789. The Kier molecular flexibility index (Phi) is 4.39. The molecular weight excluding hydrogens is 337 g/mol. The summed E-state index contributed by atoms with van der Waals surface area (Å²) in [5, 5.41) is 2.45. The Morgan fingerprint density at radius 2 is 1.96 bits per heavy atom. The molecule has 0 unspecified atom stereocenters. The van der Waals surface area contributed by atoms with Gasteiger partial charge in [0.1, 0.15) is 5.69 Å². The number of aromatic nitrogens is 2.